The first-order chi connectivity index (χ1) is 9.76. The van der Waals surface area contributed by atoms with E-state index in [-0.39, 0.29) is 6.10 Å². The number of rotatable bonds is 4. The Morgan fingerprint density at radius 2 is 2.40 bits per heavy atom. The summed E-state index contributed by atoms with van der Waals surface area (Å²) in [5, 5.41) is 3.41. The highest BCUT2D eigenvalue weighted by Crippen LogP contribution is 2.26. The predicted molar refractivity (Wildman–Crippen MR) is 80.2 cm³/mol. The van der Waals surface area contributed by atoms with Gasteiger partial charge in [-0.15, -0.1) is 0 Å². The number of nitrogen functional groups attached to an aromatic ring is 1. The van der Waals surface area contributed by atoms with E-state index in [9.17, 15) is 0 Å². The lowest BCUT2D eigenvalue weighted by Gasteiger charge is -2.35. The van der Waals surface area contributed by atoms with E-state index in [1.807, 2.05) is 18.2 Å². The number of ether oxygens (including phenoxy) is 2. The van der Waals surface area contributed by atoms with Crippen LogP contribution >= 0.6 is 0 Å². The van der Waals surface area contributed by atoms with Crippen molar-refractivity contribution in [1.82, 2.24) is 4.90 Å². The van der Waals surface area contributed by atoms with Gasteiger partial charge in [0.25, 0.3) is 0 Å². The Labute approximate surface area is 120 Å². The quantitative estimate of drug-likeness (QED) is 0.818. The zero-order valence-corrected chi connectivity index (χ0v) is 12.0. The van der Waals surface area contributed by atoms with Crippen molar-refractivity contribution in [2.75, 3.05) is 44.4 Å². The van der Waals surface area contributed by atoms with Crippen LogP contribution in [-0.4, -0.2) is 50.4 Å². The number of hydrogen-bond donors (Lipinski definition) is 2. The third-order valence-corrected chi connectivity index (χ3v) is 4.23. The average molecular weight is 277 g/mol. The summed E-state index contributed by atoms with van der Waals surface area (Å²) in [5.41, 5.74) is 7.49. The molecule has 0 aromatic heterocycles. The number of benzene rings is 1. The maximum atomic E-state index is 5.93. The smallest absolute Gasteiger partial charge is 0.143 e. The number of nitrogens with zero attached hydrogens (tertiary/aromatic N) is 1. The van der Waals surface area contributed by atoms with E-state index < -0.39 is 0 Å². The maximum Gasteiger partial charge on any atom is 0.143 e. The molecule has 5 nitrogen and oxygen atoms in total. The lowest BCUT2D eigenvalue weighted by atomic mass is 10.2. The number of nitrogens with two attached hydrogens (primary N) is 1. The first kappa shape index (κ1) is 13.5. The molecule has 2 unspecified atom stereocenters. The third-order valence-electron chi connectivity index (χ3n) is 4.23. The Balaban J connectivity index is 1.54. The van der Waals surface area contributed by atoms with Crippen LogP contribution in [-0.2, 0) is 4.74 Å². The first-order valence-electron chi connectivity index (χ1n) is 7.29. The van der Waals surface area contributed by atoms with Gasteiger partial charge in [-0.2, -0.15) is 0 Å². The van der Waals surface area contributed by atoms with Gasteiger partial charge in [-0.3, -0.25) is 4.90 Å². The molecule has 0 bridgehead atoms. The zero-order valence-electron chi connectivity index (χ0n) is 12.0. The minimum Gasteiger partial charge on any atom is -0.495 e. The fourth-order valence-electron chi connectivity index (χ4n) is 3.06. The van der Waals surface area contributed by atoms with Crippen LogP contribution in [0.1, 0.15) is 12.8 Å². The molecule has 2 aliphatic rings. The minimum atomic E-state index is 0.257. The second-order valence-electron chi connectivity index (χ2n) is 5.58. The van der Waals surface area contributed by atoms with Crippen molar-refractivity contribution in [3.05, 3.63) is 18.2 Å². The Kier molecular flexibility index (Phi) is 3.98. The molecule has 1 aromatic carbocycles. The monoisotopic (exact) mass is 277 g/mol. The predicted octanol–water partition coefficient (Wildman–Crippen LogP) is 1.55. The molecule has 1 aromatic rings. The van der Waals surface area contributed by atoms with Crippen LogP contribution in [0.2, 0.25) is 0 Å². The van der Waals surface area contributed by atoms with Crippen LogP contribution in [0.15, 0.2) is 18.2 Å². The third kappa shape index (κ3) is 2.83. The van der Waals surface area contributed by atoms with Gasteiger partial charge in [0.05, 0.1) is 25.5 Å². The van der Waals surface area contributed by atoms with Gasteiger partial charge in [0.2, 0.25) is 0 Å². The molecule has 2 saturated heterocycles. The Morgan fingerprint density at radius 1 is 1.50 bits per heavy atom. The van der Waals surface area contributed by atoms with E-state index in [0.29, 0.717) is 17.5 Å². The van der Waals surface area contributed by atoms with E-state index in [1.165, 1.54) is 19.4 Å². The highest BCUT2D eigenvalue weighted by Gasteiger charge is 2.31. The zero-order chi connectivity index (χ0) is 13.9. The molecule has 0 amide bonds. The molecule has 20 heavy (non-hydrogen) atoms. The lowest BCUT2D eigenvalue weighted by molar-refractivity contribution is -0.0415. The molecule has 3 rings (SSSR count). The van der Waals surface area contributed by atoms with Gasteiger partial charge in [-0.25, -0.2) is 0 Å². The van der Waals surface area contributed by atoms with Crippen LogP contribution in [0.4, 0.5) is 11.4 Å². The fourth-order valence-corrected chi connectivity index (χ4v) is 3.06. The van der Waals surface area contributed by atoms with Crippen molar-refractivity contribution in [3.8, 4) is 5.75 Å². The highest BCUT2D eigenvalue weighted by molar-refractivity contribution is 5.61. The SMILES string of the molecule is COc1cc(NCC2CN3CCCC3CO2)ccc1N. The summed E-state index contributed by atoms with van der Waals surface area (Å²) >= 11 is 0. The fraction of sp³-hybridized carbons (Fsp3) is 0.600. The van der Waals surface area contributed by atoms with Gasteiger partial charge < -0.3 is 20.5 Å². The summed E-state index contributed by atoms with van der Waals surface area (Å²) in [7, 11) is 1.63. The van der Waals surface area contributed by atoms with Crippen LogP contribution in [0.5, 0.6) is 5.75 Å². The first-order valence-corrected chi connectivity index (χ1v) is 7.29. The summed E-state index contributed by atoms with van der Waals surface area (Å²) in [4.78, 5) is 2.55. The van der Waals surface area contributed by atoms with E-state index in [4.69, 9.17) is 15.2 Å². The van der Waals surface area contributed by atoms with Crippen molar-refractivity contribution >= 4 is 11.4 Å². The van der Waals surface area contributed by atoms with Gasteiger partial charge in [-0.05, 0) is 31.5 Å². The van der Waals surface area contributed by atoms with Gasteiger partial charge in [-0.1, -0.05) is 0 Å². The summed E-state index contributed by atoms with van der Waals surface area (Å²) in [5.74, 6) is 0.708. The molecule has 2 atom stereocenters. The van der Waals surface area contributed by atoms with Gasteiger partial charge in [0, 0.05) is 30.9 Å². The molecule has 0 aliphatic carbocycles. The Hall–Kier alpha value is -1.46. The summed E-state index contributed by atoms with van der Waals surface area (Å²) < 4.78 is 11.2. The number of morpholine rings is 1. The summed E-state index contributed by atoms with van der Waals surface area (Å²) in [6.45, 7) is 3.94. The maximum absolute atomic E-state index is 5.93. The molecule has 0 radical (unpaired) electrons. The van der Waals surface area contributed by atoms with Crippen LogP contribution in [0, 0.1) is 0 Å². The van der Waals surface area contributed by atoms with Crippen LogP contribution in [0.3, 0.4) is 0 Å². The molecule has 110 valence electrons. The van der Waals surface area contributed by atoms with Crippen molar-refractivity contribution in [2.45, 2.75) is 25.0 Å². The molecule has 0 saturated carbocycles. The molecule has 2 heterocycles. The topological polar surface area (TPSA) is 59.8 Å². The van der Waals surface area contributed by atoms with Crippen LogP contribution < -0.4 is 15.8 Å². The van der Waals surface area contributed by atoms with Gasteiger partial charge in [0.15, 0.2) is 0 Å². The molecular formula is C15H23N3O2. The van der Waals surface area contributed by atoms with Gasteiger partial charge in [0.1, 0.15) is 5.75 Å². The second-order valence-corrected chi connectivity index (χ2v) is 5.58. The number of hydrogen-bond acceptors (Lipinski definition) is 5. The Bertz CT molecular complexity index is 466. The number of fused-ring (bicyclic) bond motifs is 1. The molecule has 0 spiro atoms. The minimum absolute atomic E-state index is 0.257. The van der Waals surface area contributed by atoms with Crippen molar-refractivity contribution in [3.63, 3.8) is 0 Å². The van der Waals surface area contributed by atoms with Gasteiger partial charge >= 0.3 is 0 Å². The lowest BCUT2D eigenvalue weighted by Crippen LogP contribution is -2.48. The largest absolute Gasteiger partial charge is 0.495 e. The normalized spacial score (nSPS) is 26.2. The van der Waals surface area contributed by atoms with Crippen molar-refractivity contribution in [1.29, 1.82) is 0 Å². The number of nitrogens with one attached hydrogen (secondary N) is 1. The standard InChI is InChI=1S/C15H23N3O2/c1-19-15-7-11(4-5-14(15)16)17-8-13-9-18-6-2-3-12(18)10-20-13/h4-5,7,12-13,17H,2-3,6,8-10,16H2,1H3. The number of anilines is 2. The molecule has 2 aliphatic heterocycles. The van der Waals surface area contributed by atoms with Crippen molar-refractivity contribution in [2.24, 2.45) is 0 Å². The average Bonchev–Trinajstić information content (AvgIpc) is 2.94. The molecule has 2 fully saturated rings. The van der Waals surface area contributed by atoms with E-state index in [1.54, 1.807) is 7.11 Å². The van der Waals surface area contributed by atoms with Crippen molar-refractivity contribution < 1.29 is 9.47 Å². The van der Waals surface area contributed by atoms with E-state index >= 15 is 0 Å². The summed E-state index contributed by atoms with van der Waals surface area (Å²) in [6.07, 6.45) is 2.85. The second kappa shape index (κ2) is 5.89. The molecule has 5 heteroatoms. The summed E-state index contributed by atoms with van der Waals surface area (Å²) in [6, 6.07) is 6.41. The highest BCUT2D eigenvalue weighted by atomic mass is 16.5. The van der Waals surface area contributed by atoms with E-state index in [2.05, 4.69) is 10.2 Å². The molecular weight excluding hydrogens is 254 g/mol. The van der Waals surface area contributed by atoms with Crippen LogP contribution in [0.25, 0.3) is 0 Å². The number of methoxy groups -OCH3 is 1. The molecule has 3 N–H and O–H groups in total. The Morgan fingerprint density at radius 3 is 3.25 bits per heavy atom. The van der Waals surface area contributed by atoms with E-state index in [0.717, 1.165) is 25.4 Å².